The van der Waals surface area contributed by atoms with Crippen LogP contribution < -0.4 is 9.75 Å². The highest BCUT2D eigenvalue weighted by atomic mass is 19.1. The second-order valence-corrected chi connectivity index (χ2v) is 10.1. The van der Waals surface area contributed by atoms with E-state index in [1.807, 2.05) is 36.1 Å². The second-order valence-electron chi connectivity index (χ2n) is 10.1. The van der Waals surface area contributed by atoms with Gasteiger partial charge in [-0.3, -0.25) is 0 Å². The van der Waals surface area contributed by atoms with E-state index in [1.54, 1.807) is 19.2 Å². The summed E-state index contributed by atoms with van der Waals surface area (Å²) in [7, 11) is 1.72. The molecule has 0 bridgehead atoms. The number of piperidine rings is 1. The number of methoxy groups -OCH3 is 1. The van der Waals surface area contributed by atoms with Crippen LogP contribution in [0.4, 0.5) is 10.1 Å². The molecular weight excluding hydrogens is 451 g/mol. The molecule has 0 amide bonds. The summed E-state index contributed by atoms with van der Waals surface area (Å²) in [6.07, 6.45) is 14.3. The molecule has 1 saturated heterocycles. The van der Waals surface area contributed by atoms with Crippen LogP contribution in [-0.4, -0.2) is 40.3 Å². The molecule has 1 aromatic heterocycles. The van der Waals surface area contributed by atoms with Crippen LogP contribution in [0.3, 0.4) is 0 Å². The normalized spacial score (nSPS) is 18.1. The minimum atomic E-state index is -0.184. The predicted octanol–water partition coefficient (Wildman–Crippen LogP) is 6.95. The van der Waals surface area contributed by atoms with Gasteiger partial charge < -0.3 is 14.3 Å². The summed E-state index contributed by atoms with van der Waals surface area (Å²) in [5.74, 6) is 0.655. The molecule has 3 aromatic rings. The fourth-order valence-electron chi connectivity index (χ4n) is 5.55. The Morgan fingerprint density at radius 3 is 2.61 bits per heavy atom. The van der Waals surface area contributed by atoms with E-state index in [0.717, 1.165) is 73.6 Å². The summed E-state index contributed by atoms with van der Waals surface area (Å²) >= 11 is 0. The zero-order valence-corrected chi connectivity index (χ0v) is 21.7. The molecule has 1 aliphatic heterocycles. The third-order valence-electron chi connectivity index (χ3n) is 7.56. The van der Waals surface area contributed by atoms with Gasteiger partial charge in [-0.1, -0.05) is 31.9 Å². The molecule has 1 spiro atoms. The van der Waals surface area contributed by atoms with Gasteiger partial charge in [-0.15, -0.1) is 0 Å². The van der Waals surface area contributed by atoms with Crippen molar-refractivity contribution in [2.45, 2.75) is 64.3 Å². The quantitative estimate of drug-likeness (QED) is 0.305. The van der Waals surface area contributed by atoms with Crippen molar-refractivity contribution in [3.05, 3.63) is 77.6 Å². The first-order chi connectivity index (χ1) is 17.5. The molecule has 0 unspecified atom stereocenters. The van der Waals surface area contributed by atoms with Crippen molar-refractivity contribution in [3.8, 4) is 11.4 Å². The highest BCUT2D eigenvalue weighted by Gasteiger charge is 2.54. The highest BCUT2D eigenvalue weighted by Crippen LogP contribution is 2.53. The number of nitrogens with zero attached hydrogens (tertiary/aromatic N) is 4. The molecule has 6 heteroatoms. The molecule has 1 saturated carbocycles. The topological polar surface area (TPSA) is 33.5 Å². The van der Waals surface area contributed by atoms with Crippen LogP contribution in [0.2, 0.25) is 0 Å². The molecule has 2 aromatic carbocycles. The average molecular weight is 489 g/mol. The van der Waals surface area contributed by atoms with Gasteiger partial charge in [0, 0.05) is 19.3 Å². The fourth-order valence-corrected chi connectivity index (χ4v) is 5.55. The number of halogens is 1. The number of imidazole rings is 1. The summed E-state index contributed by atoms with van der Waals surface area (Å²) in [4.78, 5) is 4.36. The van der Waals surface area contributed by atoms with Crippen molar-refractivity contribution in [2.24, 2.45) is 0 Å². The van der Waals surface area contributed by atoms with E-state index < -0.39 is 0 Å². The van der Waals surface area contributed by atoms with Crippen LogP contribution in [0.25, 0.3) is 11.8 Å². The Bertz CT molecular complexity index is 1210. The fraction of sp³-hybridized carbons (Fsp3) is 0.433. The molecule has 0 N–H and O–H groups in total. The third-order valence-corrected chi connectivity index (χ3v) is 7.56. The van der Waals surface area contributed by atoms with E-state index in [4.69, 9.17) is 4.74 Å². The number of aryl methyl sites for hydroxylation is 1. The molecule has 0 radical (unpaired) electrons. The summed E-state index contributed by atoms with van der Waals surface area (Å²) < 4.78 is 21.5. The van der Waals surface area contributed by atoms with Gasteiger partial charge in [0.25, 0.3) is 0 Å². The first-order valence-electron chi connectivity index (χ1n) is 13.2. The Balaban J connectivity index is 1.45. The van der Waals surface area contributed by atoms with Crippen LogP contribution in [0.1, 0.15) is 63.1 Å². The van der Waals surface area contributed by atoms with Gasteiger partial charge >= 0.3 is 0 Å². The number of benzene rings is 2. The summed E-state index contributed by atoms with van der Waals surface area (Å²) in [6.45, 7) is 6.22. The number of hydrogen-bond donors (Lipinski definition) is 0. The molecular formula is C30H37FN4O. The zero-order chi connectivity index (χ0) is 25.1. The van der Waals surface area contributed by atoms with E-state index in [1.165, 1.54) is 18.4 Å². The SMILES string of the molecule is CCCCCN(c1ccc(F)cc1)N1CCC/C(=C\c2ccc(-n3cnc(C)c3)c(OC)c2)C12CC2. The van der Waals surface area contributed by atoms with Gasteiger partial charge in [-0.25, -0.2) is 14.4 Å². The van der Waals surface area contributed by atoms with Crippen molar-refractivity contribution in [1.82, 2.24) is 14.6 Å². The van der Waals surface area contributed by atoms with Crippen LogP contribution in [-0.2, 0) is 0 Å². The molecule has 36 heavy (non-hydrogen) atoms. The minimum absolute atomic E-state index is 0.0617. The zero-order valence-electron chi connectivity index (χ0n) is 21.7. The molecule has 1 aliphatic carbocycles. The summed E-state index contributed by atoms with van der Waals surface area (Å²) in [6, 6.07) is 13.4. The highest BCUT2D eigenvalue weighted by molar-refractivity contribution is 5.63. The van der Waals surface area contributed by atoms with Crippen molar-refractivity contribution in [1.29, 1.82) is 0 Å². The lowest BCUT2D eigenvalue weighted by Gasteiger charge is -2.46. The maximum atomic E-state index is 13.7. The smallest absolute Gasteiger partial charge is 0.143 e. The number of anilines is 1. The van der Waals surface area contributed by atoms with Crippen molar-refractivity contribution >= 4 is 11.8 Å². The van der Waals surface area contributed by atoms with Crippen molar-refractivity contribution < 1.29 is 9.13 Å². The molecule has 5 rings (SSSR count). The lowest BCUT2D eigenvalue weighted by Crippen LogP contribution is -2.54. The van der Waals surface area contributed by atoms with Crippen LogP contribution in [0.5, 0.6) is 5.75 Å². The van der Waals surface area contributed by atoms with Crippen molar-refractivity contribution in [3.63, 3.8) is 0 Å². The molecule has 2 aliphatic rings. The summed E-state index contributed by atoms with van der Waals surface area (Å²) in [5, 5.41) is 5.02. The van der Waals surface area contributed by atoms with Crippen LogP contribution in [0.15, 0.2) is 60.6 Å². The number of ether oxygens (including phenoxy) is 1. The first-order valence-corrected chi connectivity index (χ1v) is 13.2. The monoisotopic (exact) mass is 488 g/mol. The maximum absolute atomic E-state index is 13.7. The number of aromatic nitrogens is 2. The van der Waals surface area contributed by atoms with Crippen LogP contribution in [0, 0.1) is 12.7 Å². The van der Waals surface area contributed by atoms with Gasteiger partial charge in [0.15, 0.2) is 0 Å². The van der Waals surface area contributed by atoms with Gasteiger partial charge in [0.1, 0.15) is 11.6 Å². The van der Waals surface area contributed by atoms with E-state index in [0.29, 0.717) is 0 Å². The summed E-state index contributed by atoms with van der Waals surface area (Å²) in [5.41, 5.74) is 5.77. The first kappa shape index (κ1) is 24.6. The Labute approximate surface area is 214 Å². The Hall–Kier alpha value is -3.12. The lowest BCUT2D eigenvalue weighted by atomic mass is 9.92. The maximum Gasteiger partial charge on any atom is 0.143 e. The van der Waals surface area contributed by atoms with E-state index in [2.05, 4.69) is 46.2 Å². The van der Waals surface area contributed by atoms with Crippen LogP contribution >= 0.6 is 0 Å². The molecule has 5 nitrogen and oxygen atoms in total. The van der Waals surface area contributed by atoms with Crippen molar-refractivity contribution in [2.75, 3.05) is 25.2 Å². The molecule has 2 heterocycles. The van der Waals surface area contributed by atoms with E-state index >= 15 is 0 Å². The van der Waals surface area contributed by atoms with E-state index in [-0.39, 0.29) is 11.4 Å². The molecule has 0 atom stereocenters. The minimum Gasteiger partial charge on any atom is -0.495 e. The third kappa shape index (κ3) is 4.92. The molecule has 2 fully saturated rings. The standard InChI is InChI=1S/C30H37FN4O/c1-4-5-6-17-34(27-12-10-26(31)11-13-27)35-18-7-8-25(30(35)15-16-30)19-24-9-14-28(29(20-24)36-3)33-21-23(2)32-22-33/h9-14,19-22H,4-8,15-18H2,1-3H3/b25-19+. The Kier molecular flexibility index (Phi) is 7.15. The van der Waals surface area contributed by atoms with Gasteiger partial charge in [-0.05, 0) is 86.6 Å². The Morgan fingerprint density at radius 1 is 1.14 bits per heavy atom. The molecule has 190 valence electrons. The number of hydrogen-bond acceptors (Lipinski definition) is 4. The van der Waals surface area contributed by atoms with Gasteiger partial charge in [-0.2, -0.15) is 0 Å². The number of hydrazine groups is 1. The largest absolute Gasteiger partial charge is 0.495 e. The number of unbranched alkanes of at least 4 members (excludes halogenated alkanes) is 2. The van der Waals surface area contributed by atoms with Gasteiger partial charge in [0.05, 0.1) is 36.0 Å². The lowest BCUT2D eigenvalue weighted by molar-refractivity contribution is 0.154. The number of rotatable bonds is 9. The second kappa shape index (κ2) is 10.5. The van der Waals surface area contributed by atoms with Gasteiger partial charge in [0.2, 0.25) is 0 Å². The Morgan fingerprint density at radius 2 is 1.94 bits per heavy atom. The predicted molar refractivity (Wildman–Crippen MR) is 144 cm³/mol. The average Bonchev–Trinajstić information content (AvgIpc) is 3.56. The van der Waals surface area contributed by atoms with E-state index in [9.17, 15) is 4.39 Å².